The van der Waals surface area contributed by atoms with Gasteiger partial charge in [0.05, 0.1) is 30.3 Å². The molecule has 0 spiro atoms. The fraction of sp³-hybridized carbons (Fsp3) is 0.182. The van der Waals surface area contributed by atoms with Crippen LogP contribution in [0.15, 0.2) is 64.1 Å². The molecule has 1 aliphatic heterocycles. The number of rotatable bonds is 5. The van der Waals surface area contributed by atoms with Crippen molar-refractivity contribution in [3.8, 4) is 0 Å². The van der Waals surface area contributed by atoms with E-state index in [9.17, 15) is 14.0 Å². The number of nitrogens with two attached hydrogens (primary N) is 1. The van der Waals surface area contributed by atoms with Crippen LogP contribution >= 0.6 is 11.8 Å². The average molecular weight is 425 g/mol. The molecule has 3 aromatic rings. The van der Waals surface area contributed by atoms with Crippen LogP contribution in [0.3, 0.4) is 0 Å². The predicted molar refractivity (Wildman–Crippen MR) is 114 cm³/mol. The van der Waals surface area contributed by atoms with Gasteiger partial charge in [0, 0.05) is 21.7 Å². The van der Waals surface area contributed by atoms with E-state index in [1.54, 1.807) is 49.6 Å². The van der Waals surface area contributed by atoms with Crippen LogP contribution in [0.25, 0.3) is 0 Å². The van der Waals surface area contributed by atoms with Gasteiger partial charge in [0.1, 0.15) is 11.6 Å². The molecule has 0 saturated heterocycles. The molecule has 1 unspecified atom stereocenters. The molecule has 2 aromatic carbocycles. The van der Waals surface area contributed by atoms with E-state index in [2.05, 4.69) is 5.32 Å². The maximum atomic E-state index is 14.3. The molecule has 6 nitrogen and oxygen atoms in total. The van der Waals surface area contributed by atoms with Gasteiger partial charge in [-0.1, -0.05) is 6.07 Å². The largest absolute Gasteiger partial charge is 0.467 e. The Morgan fingerprint density at radius 3 is 2.83 bits per heavy atom. The second-order valence-electron chi connectivity index (χ2n) is 6.94. The van der Waals surface area contributed by atoms with E-state index in [4.69, 9.17) is 10.2 Å². The quantitative estimate of drug-likeness (QED) is 0.604. The summed E-state index contributed by atoms with van der Waals surface area (Å²) in [5.41, 5.74) is 7.61. The number of fused-ring (bicyclic) bond motifs is 1. The van der Waals surface area contributed by atoms with Crippen LogP contribution in [0, 0.1) is 5.82 Å². The Kier molecular flexibility index (Phi) is 5.50. The first-order chi connectivity index (χ1) is 14.4. The highest BCUT2D eigenvalue weighted by Crippen LogP contribution is 2.40. The number of amides is 2. The van der Waals surface area contributed by atoms with Crippen LogP contribution in [-0.4, -0.2) is 17.1 Å². The van der Waals surface area contributed by atoms with Crippen molar-refractivity contribution in [1.82, 2.24) is 5.32 Å². The van der Waals surface area contributed by atoms with Crippen LogP contribution < -0.4 is 16.0 Å². The molecule has 0 saturated carbocycles. The number of nitrogen functional groups attached to an aromatic ring is 1. The lowest BCUT2D eigenvalue weighted by Crippen LogP contribution is -2.39. The Morgan fingerprint density at radius 1 is 1.27 bits per heavy atom. The predicted octanol–water partition coefficient (Wildman–Crippen LogP) is 3.96. The molecule has 2 heterocycles. The van der Waals surface area contributed by atoms with E-state index >= 15 is 0 Å². The van der Waals surface area contributed by atoms with Crippen LogP contribution in [0.4, 0.5) is 15.8 Å². The summed E-state index contributed by atoms with van der Waals surface area (Å²) in [5.74, 6) is -0.179. The lowest BCUT2D eigenvalue weighted by molar-refractivity contribution is -0.118. The van der Waals surface area contributed by atoms with Crippen molar-refractivity contribution in [3.63, 3.8) is 0 Å². The highest BCUT2D eigenvalue weighted by molar-refractivity contribution is 8.01. The lowest BCUT2D eigenvalue weighted by atomic mass is 10.1. The molecular formula is C22H20FN3O3S. The molecule has 0 aliphatic carbocycles. The summed E-state index contributed by atoms with van der Waals surface area (Å²) >= 11 is 1.38. The summed E-state index contributed by atoms with van der Waals surface area (Å²) in [6, 6.07) is 13.1. The standard InChI is InChI=1S/C22H20FN3O3S/c1-13-22(28)26(12-16-17(23)5-2-6-18(16)24)19-8-7-14(10-20(19)30-13)21(27)25-11-15-4-3-9-29-15/h2-10,13H,11-12,24H2,1H3,(H,25,27). The molecule has 2 amide bonds. The third kappa shape index (κ3) is 3.91. The second kappa shape index (κ2) is 8.23. The van der Waals surface area contributed by atoms with Gasteiger partial charge in [-0.2, -0.15) is 0 Å². The van der Waals surface area contributed by atoms with Gasteiger partial charge < -0.3 is 20.4 Å². The summed E-state index contributed by atoms with van der Waals surface area (Å²) < 4.78 is 19.5. The molecule has 1 atom stereocenters. The first kappa shape index (κ1) is 20.0. The number of nitrogens with zero attached hydrogens (tertiary/aromatic N) is 1. The zero-order valence-electron chi connectivity index (χ0n) is 16.2. The Labute approximate surface area is 177 Å². The molecule has 3 N–H and O–H groups in total. The van der Waals surface area contributed by atoms with Crippen molar-refractivity contribution in [3.05, 3.63) is 77.5 Å². The highest BCUT2D eigenvalue weighted by Gasteiger charge is 2.32. The van der Waals surface area contributed by atoms with Gasteiger partial charge in [-0.3, -0.25) is 9.59 Å². The number of hydrogen-bond acceptors (Lipinski definition) is 5. The molecule has 0 bridgehead atoms. The maximum Gasteiger partial charge on any atom is 0.251 e. The third-order valence-corrected chi connectivity index (χ3v) is 6.04. The van der Waals surface area contributed by atoms with Gasteiger partial charge in [0.25, 0.3) is 5.91 Å². The molecular weight excluding hydrogens is 405 g/mol. The van der Waals surface area contributed by atoms with E-state index in [1.807, 2.05) is 0 Å². The average Bonchev–Trinajstić information content (AvgIpc) is 3.25. The molecule has 0 radical (unpaired) electrons. The molecule has 154 valence electrons. The lowest BCUT2D eigenvalue weighted by Gasteiger charge is -2.33. The number of halogens is 1. The van der Waals surface area contributed by atoms with Crippen molar-refractivity contribution in [2.75, 3.05) is 10.6 Å². The van der Waals surface area contributed by atoms with Crippen LogP contribution in [0.1, 0.15) is 28.6 Å². The fourth-order valence-electron chi connectivity index (χ4n) is 3.30. The van der Waals surface area contributed by atoms with E-state index in [-0.39, 0.29) is 35.7 Å². The summed E-state index contributed by atoms with van der Waals surface area (Å²) in [6.45, 7) is 2.10. The first-order valence-electron chi connectivity index (χ1n) is 9.39. The van der Waals surface area contributed by atoms with Crippen molar-refractivity contribution in [2.45, 2.75) is 30.2 Å². The second-order valence-corrected chi connectivity index (χ2v) is 8.32. The molecule has 4 rings (SSSR count). The number of nitrogens with one attached hydrogen (secondary N) is 1. The van der Waals surface area contributed by atoms with Gasteiger partial charge in [-0.05, 0) is 49.4 Å². The number of thioether (sulfide) groups is 1. The highest BCUT2D eigenvalue weighted by atomic mass is 32.2. The van der Waals surface area contributed by atoms with E-state index in [1.165, 1.54) is 28.8 Å². The minimum Gasteiger partial charge on any atom is -0.467 e. The Bertz CT molecular complexity index is 1080. The minimum absolute atomic E-state index is 0.0271. The van der Waals surface area contributed by atoms with Crippen molar-refractivity contribution >= 4 is 35.0 Å². The number of carbonyl (C=O) groups excluding carboxylic acids is 2. The molecule has 0 fully saturated rings. The van der Waals surface area contributed by atoms with Crippen LogP contribution in [-0.2, 0) is 17.9 Å². The smallest absolute Gasteiger partial charge is 0.251 e. The topological polar surface area (TPSA) is 88.6 Å². The number of furan rings is 1. The van der Waals surface area contributed by atoms with E-state index in [0.717, 1.165) is 4.90 Å². The number of carbonyl (C=O) groups is 2. The molecule has 8 heteroatoms. The minimum atomic E-state index is -0.454. The molecule has 1 aliphatic rings. The van der Waals surface area contributed by atoms with Crippen LogP contribution in [0.5, 0.6) is 0 Å². The number of anilines is 2. The van der Waals surface area contributed by atoms with Crippen molar-refractivity contribution in [2.24, 2.45) is 0 Å². The Hall–Kier alpha value is -3.26. The third-order valence-electron chi connectivity index (χ3n) is 4.90. The van der Waals surface area contributed by atoms with Crippen molar-refractivity contribution in [1.29, 1.82) is 0 Å². The number of hydrogen-bond donors (Lipinski definition) is 2. The normalized spacial score (nSPS) is 15.7. The van der Waals surface area contributed by atoms with E-state index in [0.29, 0.717) is 22.7 Å². The van der Waals surface area contributed by atoms with Gasteiger partial charge in [0.2, 0.25) is 5.91 Å². The monoisotopic (exact) mass is 425 g/mol. The van der Waals surface area contributed by atoms with Gasteiger partial charge in [-0.25, -0.2) is 4.39 Å². The van der Waals surface area contributed by atoms with E-state index < -0.39 is 5.82 Å². The summed E-state index contributed by atoms with van der Waals surface area (Å²) in [5, 5.41) is 2.44. The summed E-state index contributed by atoms with van der Waals surface area (Å²) in [4.78, 5) is 27.6. The van der Waals surface area contributed by atoms with Gasteiger partial charge >= 0.3 is 0 Å². The zero-order valence-corrected chi connectivity index (χ0v) is 17.0. The Morgan fingerprint density at radius 2 is 2.10 bits per heavy atom. The fourth-order valence-corrected chi connectivity index (χ4v) is 4.40. The van der Waals surface area contributed by atoms with Gasteiger partial charge in [-0.15, -0.1) is 11.8 Å². The van der Waals surface area contributed by atoms with Crippen LogP contribution in [0.2, 0.25) is 0 Å². The van der Waals surface area contributed by atoms with Crippen molar-refractivity contribution < 1.29 is 18.4 Å². The summed E-state index contributed by atoms with van der Waals surface area (Å²) in [6.07, 6.45) is 1.55. The molecule has 1 aromatic heterocycles. The summed E-state index contributed by atoms with van der Waals surface area (Å²) in [7, 11) is 0. The maximum absolute atomic E-state index is 14.3. The molecule has 30 heavy (non-hydrogen) atoms. The first-order valence-corrected chi connectivity index (χ1v) is 10.3. The number of benzene rings is 2. The zero-order chi connectivity index (χ0) is 21.3. The Balaban J connectivity index is 1.60. The SMILES string of the molecule is CC1Sc2cc(C(=O)NCc3ccco3)ccc2N(Cc2c(N)cccc2F)C1=O. The van der Waals surface area contributed by atoms with Gasteiger partial charge in [0.15, 0.2) is 0 Å².